The Balaban J connectivity index is 1.67. The number of carbonyl (C=O) groups is 1. The predicted molar refractivity (Wildman–Crippen MR) is 118 cm³/mol. The van der Waals surface area contributed by atoms with E-state index in [9.17, 15) is 4.79 Å². The van der Waals surface area contributed by atoms with Crippen LogP contribution in [0.25, 0.3) is 11.4 Å². The summed E-state index contributed by atoms with van der Waals surface area (Å²) in [5.74, 6) is 1.03. The molecule has 1 saturated heterocycles. The lowest BCUT2D eigenvalue weighted by Gasteiger charge is -2.32. The first kappa shape index (κ1) is 21.8. The van der Waals surface area contributed by atoms with Gasteiger partial charge in [-0.05, 0) is 24.8 Å². The quantitative estimate of drug-likeness (QED) is 0.758. The minimum atomic E-state index is -0.169. The summed E-state index contributed by atoms with van der Waals surface area (Å²) in [6, 6.07) is 8.51. The highest BCUT2D eigenvalue weighted by molar-refractivity contribution is 8.00. The van der Waals surface area contributed by atoms with Gasteiger partial charge in [0.05, 0.1) is 38.0 Å². The van der Waals surface area contributed by atoms with Crippen LogP contribution in [0.15, 0.2) is 29.4 Å². The van der Waals surface area contributed by atoms with Crippen molar-refractivity contribution >= 4 is 17.7 Å². The van der Waals surface area contributed by atoms with Gasteiger partial charge in [0.15, 0.2) is 11.0 Å². The molecule has 0 aliphatic carbocycles. The van der Waals surface area contributed by atoms with Crippen molar-refractivity contribution in [2.45, 2.75) is 50.4 Å². The van der Waals surface area contributed by atoms with Gasteiger partial charge in [-0.3, -0.25) is 4.79 Å². The molecule has 1 amide bonds. The van der Waals surface area contributed by atoms with Gasteiger partial charge in [-0.1, -0.05) is 56.8 Å². The number of nitrogens with one attached hydrogen (secondary N) is 1. The molecule has 2 heterocycles. The lowest BCUT2D eigenvalue weighted by atomic mass is 9.87. The number of piperazine rings is 1. The normalized spacial score (nSPS) is 16.8. The molecule has 158 valence electrons. The second-order valence-corrected chi connectivity index (χ2v) is 10.2. The lowest BCUT2D eigenvalue weighted by Crippen LogP contribution is -3.14. The summed E-state index contributed by atoms with van der Waals surface area (Å²) in [6.45, 7) is 15.7. The van der Waals surface area contributed by atoms with Crippen molar-refractivity contribution in [2.75, 3.05) is 32.7 Å². The van der Waals surface area contributed by atoms with Crippen molar-refractivity contribution in [1.82, 2.24) is 19.7 Å². The number of aromatic nitrogens is 3. The first-order chi connectivity index (χ1) is 13.7. The van der Waals surface area contributed by atoms with E-state index in [4.69, 9.17) is 0 Å². The van der Waals surface area contributed by atoms with E-state index < -0.39 is 0 Å². The molecule has 0 bridgehead atoms. The molecule has 0 saturated carbocycles. The average Bonchev–Trinajstić information content (AvgIpc) is 3.07. The second kappa shape index (κ2) is 8.88. The Morgan fingerprint density at radius 3 is 2.34 bits per heavy atom. The molecule has 1 fully saturated rings. The van der Waals surface area contributed by atoms with Gasteiger partial charge in [0.1, 0.15) is 0 Å². The zero-order valence-electron chi connectivity index (χ0n) is 18.5. The zero-order valence-corrected chi connectivity index (χ0v) is 19.3. The first-order valence-electron chi connectivity index (χ1n) is 10.5. The minimum absolute atomic E-state index is 0.124. The number of hydrogen-bond donors (Lipinski definition) is 1. The highest BCUT2D eigenvalue weighted by atomic mass is 32.2. The number of rotatable bonds is 5. The average molecular weight is 417 g/mol. The molecular formula is C22H34N5OS+. The summed E-state index contributed by atoms with van der Waals surface area (Å²) in [6.07, 6.45) is 0. The molecule has 3 rings (SSSR count). The van der Waals surface area contributed by atoms with Crippen LogP contribution in [0.1, 0.15) is 40.2 Å². The molecule has 1 aliphatic rings. The first-order valence-corrected chi connectivity index (χ1v) is 11.4. The Kier molecular flexibility index (Phi) is 6.69. The molecule has 2 aromatic rings. The van der Waals surface area contributed by atoms with Crippen molar-refractivity contribution in [2.24, 2.45) is 7.05 Å². The number of carbonyl (C=O) groups excluding carboxylic acids is 1. The SMILES string of the molecule is CC[NH+]1CCN(C(=O)[C@H](C)Sc2nnc(-c3ccc(C(C)(C)C)cc3)n2C)CC1. The van der Waals surface area contributed by atoms with Crippen molar-refractivity contribution in [3.63, 3.8) is 0 Å². The van der Waals surface area contributed by atoms with Crippen LogP contribution in [0.4, 0.5) is 0 Å². The largest absolute Gasteiger partial charge is 0.332 e. The molecule has 1 aliphatic heterocycles. The van der Waals surface area contributed by atoms with Crippen molar-refractivity contribution in [1.29, 1.82) is 0 Å². The number of hydrogen-bond acceptors (Lipinski definition) is 4. The summed E-state index contributed by atoms with van der Waals surface area (Å²) in [7, 11) is 1.97. The zero-order chi connectivity index (χ0) is 21.2. The summed E-state index contributed by atoms with van der Waals surface area (Å²) in [5.41, 5.74) is 2.46. The summed E-state index contributed by atoms with van der Waals surface area (Å²) in [4.78, 5) is 16.4. The lowest BCUT2D eigenvalue weighted by molar-refractivity contribution is -0.902. The van der Waals surface area contributed by atoms with Crippen LogP contribution in [0.3, 0.4) is 0 Å². The van der Waals surface area contributed by atoms with Crippen LogP contribution in [0.5, 0.6) is 0 Å². The third-order valence-electron chi connectivity index (χ3n) is 5.76. The maximum absolute atomic E-state index is 12.9. The number of amides is 1. The van der Waals surface area contributed by atoms with Crippen LogP contribution in [-0.4, -0.2) is 63.5 Å². The van der Waals surface area contributed by atoms with E-state index in [0.29, 0.717) is 0 Å². The molecule has 1 aromatic heterocycles. The number of thioether (sulfide) groups is 1. The Morgan fingerprint density at radius 2 is 1.79 bits per heavy atom. The Bertz CT molecular complexity index is 832. The molecule has 6 nitrogen and oxygen atoms in total. The Morgan fingerprint density at radius 1 is 1.17 bits per heavy atom. The van der Waals surface area contributed by atoms with Crippen LogP contribution < -0.4 is 4.90 Å². The van der Waals surface area contributed by atoms with Gasteiger partial charge in [0.25, 0.3) is 0 Å². The van der Waals surface area contributed by atoms with Gasteiger partial charge in [-0.15, -0.1) is 10.2 Å². The monoisotopic (exact) mass is 416 g/mol. The topological polar surface area (TPSA) is 55.5 Å². The van der Waals surface area contributed by atoms with Gasteiger partial charge in [-0.25, -0.2) is 0 Å². The minimum Gasteiger partial charge on any atom is -0.332 e. The van der Waals surface area contributed by atoms with E-state index in [1.165, 1.54) is 17.3 Å². The molecular weight excluding hydrogens is 382 g/mol. The van der Waals surface area contributed by atoms with E-state index in [0.717, 1.165) is 49.3 Å². The standard InChI is InChI=1S/C22H33N5OS/c1-7-26-12-14-27(15-13-26)20(28)16(2)29-21-24-23-19(25(21)6)17-8-10-18(11-9-17)22(3,4)5/h8-11,16H,7,12-15H2,1-6H3/p+1/t16-/m0/s1. The third-order valence-corrected chi connectivity index (χ3v) is 6.88. The van der Waals surface area contributed by atoms with Gasteiger partial charge in [-0.2, -0.15) is 0 Å². The molecule has 7 heteroatoms. The molecule has 1 N–H and O–H groups in total. The molecule has 1 aromatic carbocycles. The smallest absolute Gasteiger partial charge is 0.236 e. The van der Waals surface area contributed by atoms with Crippen LogP contribution in [0, 0.1) is 0 Å². The Hall–Kier alpha value is -1.86. The second-order valence-electron chi connectivity index (χ2n) is 8.88. The summed E-state index contributed by atoms with van der Waals surface area (Å²) < 4.78 is 1.99. The van der Waals surface area contributed by atoms with E-state index >= 15 is 0 Å². The van der Waals surface area contributed by atoms with Crippen molar-refractivity contribution < 1.29 is 9.69 Å². The molecule has 29 heavy (non-hydrogen) atoms. The molecule has 1 atom stereocenters. The summed E-state index contributed by atoms with van der Waals surface area (Å²) in [5, 5.41) is 9.35. The van der Waals surface area contributed by atoms with Gasteiger partial charge in [0.2, 0.25) is 5.91 Å². The van der Waals surface area contributed by atoms with Gasteiger partial charge < -0.3 is 14.4 Å². The van der Waals surface area contributed by atoms with E-state index in [2.05, 4.69) is 62.2 Å². The van der Waals surface area contributed by atoms with E-state index in [1.54, 1.807) is 4.90 Å². The van der Waals surface area contributed by atoms with Crippen LogP contribution >= 0.6 is 11.8 Å². The predicted octanol–water partition coefficient (Wildman–Crippen LogP) is 2.01. The highest BCUT2D eigenvalue weighted by Crippen LogP contribution is 2.28. The fourth-order valence-corrected chi connectivity index (χ4v) is 4.55. The number of benzene rings is 1. The fourth-order valence-electron chi connectivity index (χ4n) is 3.65. The highest BCUT2D eigenvalue weighted by Gasteiger charge is 2.28. The fraction of sp³-hybridized carbons (Fsp3) is 0.591. The maximum atomic E-state index is 12.9. The molecule has 0 spiro atoms. The number of nitrogens with zero attached hydrogens (tertiary/aromatic N) is 4. The van der Waals surface area contributed by atoms with E-state index in [1.807, 2.05) is 23.4 Å². The van der Waals surface area contributed by atoms with Crippen molar-refractivity contribution in [3.8, 4) is 11.4 Å². The third kappa shape index (κ3) is 5.01. The van der Waals surface area contributed by atoms with Crippen LogP contribution in [0.2, 0.25) is 0 Å². The molecule has 0 radical (unpaired) electrons. The van der Waals surface area contributed by atoms with Gasteiger partial charge >= 0.3 is 0 Å². The molecule has 0 unspecified atom stereocenters. The van der Waals surface area contributed by atoms with E-state index in [-0.39, 0.29) is 16.6 Å². The summed E-state index contributed by atoms with van der Waals surface area (Å²) >= 11 is 1.49. The van der Waals surface area contributed by atoms with Gasteiger partial charge in [0, 0.05) is 12.6 Å². The number of likely N-dealkylation sites (N-methyl/N-ethyl adjacent to an activating group) is 1. The number of quaternary nitrogens is 1. The van der Waals surface area contributed by atoms with Crippen LogP contribution in [-0.2, 0) is 17.3 Å². The Labute approximate surface area is 178 Å². The van der Waals surface area contributed by atoms with Crippen molar-refractivity contribution in [3.05, 3.63) is 29.8 Å². The maximum Gasteiger partial charge on any atom is 0.236 e.